The molecule has 1 amide bonds. The second-order valence-corrected chi connectivity index (χ2v) is 4.97. The minimum atomic E-state index is -0.662. The maximum absolute atomic E-state index is 11.8. The summed E-state index contributed by atoms with van der Waals surface area (Å²) in [4.78, 5) is 22.4. The number of rotatable bonds is 6. The van der Waals surface area contributed by atoms with E-state index >= 15 is 0 Å². The van der Waals surface area contributed by atoms with Gasteiger partial charge in [0.2, 0.25) is 0 Å². The number of carbonyl (C=O) groups excluding carboxylic acids is 1. The third-order valence-electron chi connectivity index (χ3n) is 2.95. The first-order chi connectivity index (χ1) is 9.47. The summed E-state index contributed by atoms with van der Waals surface area (Å²) in [5.41, 5.74) is 0.532. The van der Waals surface area contributed by atoms with Gasteiger partial charge in [-0.3, -0.25) is 14.9 Å². The van der Waals surface area contributed by atoms with Crippen molar-refractivity contribution in [1.82, 2.24) is 5.32 Å². The zero-order valence-electron chi connectivity index (χ0n) is 11.1. The van der Waals surface area contributed by atoms with Crippen LogP contribution in [0.3, 0.4) is 0 Å². The van der Waals surface area contributed by atoms with Gasteiger partial charge in [0.25, 0.3) is 11.6 Å². The minimum Gasteiger partial charge on any atom is -0.392 e. The van der Waals surface area contributed by atoms with E-state index in [1.807, 2.05) is 0 Å². The Morgan fingerprint density at radius 2 is 2.25 bits per heavy atom. The van der Waals surface area contributed by atoms with E-state index in [0.717, 1.165) is 12.8 Å². The van der Waals surface area contributed by atoms with Crippen molar-refractivity contribution >= 4 is 17.3 Å². The predicted octanol–water partition coefficient (Wildman–Crippen LogP) is 1.28. The summed E-state index contributed by atoms with van der Waals surface area (Å²) in [6.45, 7) is 1.65. The Labute approximate surface area is 116 Å². The highest BCUT2D eigenvalue weighted by Gasteiger charge is 2.25. The molecule has 1 unspecified atom stereocenters. The zero-order chi connectivity index (χ0) is 14.7. The number of anilines is 1. The molecule has 108 valence electrons. The molecule has 0 bridgehead atoms. The van der Waals surface area contributed by atoms with Crippen LogP contribution in [0.5, 0.6) is 0 Å². The molecule has 7 heteroatoms. The normalized spacial score (nSPS) is 15.5. The Bertz CT molecular complexity index is 526. The number of nitrogens with one attached hydrogen (secondary N) is 2. The highest BCUT2D eigenvalue weighted by atomic mass is 16.6. The summed E-state index contributed by atoms with van der Waals surface area (Å²) >= 11 is 0. The van der Waals surface area contributed by atoms with Gasteiger partial charge in [-0.15, -0.1) is 0 Å². The molecule has 0 spiro atoms. The van der Waals surface area contributed by atoms with Gasteiger partial charge in [0.15, 0.2) is 0 Å². The van der Waals surface area contributed by atoms with Crippen LogP contribution in [0.25, 0.3) is 0 Å². The van der Waals surface area contributed by atoms with Crippen LogP contribution in [0, 0.1) is 10.1 Å². The molecular weight excluding hydrogens is 262 g/mol. The van der Waals surface area contributed by atoms with E-state index in [1.165, 1.54) is 12.1 Å². The van der Waals surface area contributed by atoms with E-state index in [4.69, 9.17) is 5.11 Å². The first-order valence-corrected chi connectivity index (χ1v) is 6.48. The molecule has 1 aliphatic carbocycles. The summed E-state index contributed by atoms with van der Waals surface area (Å²) in [5, 5.41) is 25.7. The average molecular weight is 279 g/mol. The van der Waals surface area contributed by atoms with E-state index < -0.39 is 16.9 Å². The quantitative estimate of drug-likeness (QED) is 0.537. The van der Waals surface area contributed by atoms with Crippen molar-refractivity contribution in [2.75, 3.05) is 11.9 Å². The summed E-state index contributed by atoms with van der Waals surface area (Å²) in [5.74, 6) is -0.438. The Morgan fingerprint density at radius 1 is 1.55 bits per heavy atom. The van der Waals surface area contributed by atoms with Crippen LogP contribution in [-0.4, -0.2) is 34.6 Å². The summed E-state index contributed by atoms with van der Waals surface area (Å²) < 4.78 is 0. The molecule has 3 N–H and O–H groups in total. The number of carbonyl (C=O) groups is 1. The number of benzene rings is 1. The lowest BCUT2D eigenvalue weighted by molar-refractivity contribution is -0.384. The van der Waals surface area contributed by atoms with Gasteiger partial charge in [-0.2, -0.15) is 0 Å². The fourth-order valence-corrected chi connectivity index (χ4v) is 1.74. The Morgan fingerprint density at radius 3 is 2.80 bits per heavy atom. The highest BCUT2D eigenvalue weighted by molar-refractivity contribution is 5.95. The van der Waals surface area contributed by atoms with Crippen LogP contribution >= 0.6 is 0 Å². The van der Waals surface area contributed by atoms with Crippen LogP contribution in [0.2, 0.25) is 0 Å². The van der Waals surface area contributed by atoms with Crippen LogP contribution in [-0.2, 0) is 0 Å². The topological polar surface area (TPSA) is 104 Å². The van der Waals surface area contributed by atoms with Gasteiger partial charge in [0, 0.05) is 24.2 Å². The lowest BCUT2D eigenvalue weighted by Gasteiger charge is -2.09. The molecule has 2 rings (SSSR count). The lowest BCUT2D eigenvalue weighted by atomic mass is 10.1. The second-order valence-electron chi connectivity index (χ2n) is 4.97. The monoisotopic (exact) mass is 279 g/mol. The molecular formula is C13H17N3O4. The molecule has 0 radical (unpaired) electrons. The number of hydrogen-bond acceptors (Lipinski definition) is 5. The van der Waals surface area contributed by atoms with E-state index in [9.17, 15) is 14.9 Å². The highest BCUT2D eigenvalue weighted by Crippen LogP contribution is 2.31. The molecule has 1 aromatic carbocycles. The third kappa shape index (κ3) is 3.67. The van der Waals surface area contributed by atoms with Crippen LogP contribution in [0.15, 0.2) is 18.2 Å². The van der Waals surface area contributed by atoms with E-state index in [2.05, 4.69) is 10.6 Å². The SMILES string of the molecule is CC(O)CNC(=O)c1ccc(NC2CC2)c([N+](=O)[O-])c1. The number of nitro groups is 1. The summed E-state index contributed by atoms with van der Waals surface area (Å²) in [7, 11) is 0. The van der Waals surface area contributed by atoms with Gasteiger partial charge < -0.3 is 15.7 Å². The Kier molecular flexibility index (Phi) is 4.19. The van der Waals surface area contributed by atoms with Crippen LogP contribution < -0.4 is 10.6 Å². The van der Waals surface area contributed by atoms with Crippen molar-refractivity contribution in [3.8, 4) is 0 Å². The van der Waals surface area contributed by atoms with Gasteiger partial charge in [0.1, 0.15) is 5.69 Å². The molecule has 0 heterocycles. The largest absolute Gasteiger partial charge is 0.392 e. The lowest BCUT2D eigenvalue weighted by Crippen LogP contribution is -2.30. The molecule has 1 atom stereocenters. The Balaban J connectivity index is 2.15. The van der Waals surface area contributed by atoms with Crippen molar-refractivity contribution in [3.05, 3.63) is 33.9 Å². The molecule has 1 aliphatic rings. The molecule has 1 fully saturated rings. The van der Waals surface area contributed by atoms with Crippen molar-refractivity contribution in [2.45, 2.75) is 31.9 Å². The van der Waals surface area contributed by atoms with Gasteiger partial charge in [-0.25, -0.2) is 0 Å². The smallest absolute Gasteiger partial charge is 0.293 e. The van der Waals surface area contributed by atoms with Gasteiger partial charge in [-0.1, -0.05) is 0 Å². The molecule has 0 aliphatic heterocycles. The van der Waals surface area contributed by atoms with Gasteiger partial charge >= 0.3 is 0 Å². The third-order valence-corrected chi connectivity index (χ3v) is 2.95. The maximum Gasteiger partial charge on any atom is 0.293 e. The summed E-state index contributed by atoms with van der Waals surface area (Å²) in [6, 6.07) is 4.63. The molecule has 20 heavy (non-hydrogen) atoms. The van der Waals surface area contributed by atoms with E-state index in [1.54, 1.807) is 13.0 Å². The van der Waals surface area contributed by atoms with E-state index in [0.29, 0.717) is 11.7 Å². The zero-order valence-corrected chi connectivity index (χ0v) is 11.1. The van der Waals surface area contributed by atoms with Crippen molar-refractivity contribution in [3.63, 3.8) is 0 Å². The second kappa shape index (κ2) is 5.87. The Hall–Kier alpha value is -2.15. The predicted molar refractivity (Wildman–Crippen MR) is 73.8 cm³/mol. The molecule has 0 saturated heterocycles. The van der Waals surface area contributed by atoms with Crippen LogP contribution in [0.1, 0.15) is 30.1 Å². The average Bonchev–Trinajstić information content (AvgIpc) is 3.20. The molecule has 1 saturated carbocycles. The number of hydrogen-bond donors (Lipinski definition) is 3. The van der Waals surface area contributed by atoms with Crippen LogP contribution in [0.4, 0.5) is 11.4 Å². The fraction of sp³-hybridized carbons (Fsp3) is 0.462. The first-order valence-electron chi connectivity index (χ1n) is 6.48. The fourth-order valence-electron chi connectivity index (χ4n) is 1.74. The number of amides is 1. The number of nitrogens with zero attached hydrogens (tertiary/aromatic N) is 1. The number of aliphatic hydroxyl groups is 1. The van der Waals surface area contributed by atoms with Crippen molar-refractivity contribution in [2.24, 2.45) is 0 Å². The number of aliphatic hydroxyl groups excluding tert-OH is 1. The van der Waals surface area contributed by atoms with Crippen molar-refractivity contribution in [1.29, 1.82) is 0 Å². The van der Waals surface area contributed by atoms with Gasteiger partial charge in [-0.05, 0) is 31.9 Å². The first kappa shape index (κ1) is 14.3. The molecule has 1 aromatic rings. The van der Waals surface area contributed by atoms with Gasteiger partial charge in [0.05, 0.1) is 11.0 Å². The molecule has 7 nitrogen and oxygen atoms in total. The van der Waals surface area contributed by atoms with Crippen molar-refractivity contribution < 1.29 is 14.8 Å². The molecule has 0 aromatic heterocycles. The maximum atomic E-state index is 11.8. The standard InChI is InChI=1S/C13H17N3O4/c1-8(17)7-14-13(18)9-2-5-11(15-10-3-4-10)12(6-9)16(19)20/h2,5-6,8,10,15,17H,3-4,7H2,1H3,(H,14,18). The number of nitro benzene ring substituents is 1. The minimum absolute atomic E-state index is 0.106. The summed E-state index contributed by atoms with van der Waals surface area (Å²) in [6.07, 6.45) is 1.35. The van der Waals surface area contributed by atoms with E-state index in [-0.39, 0.29) is 17.8 Å².